The second-order valence-corrected chi connectivity index (χ2v) is 18.3. The molecule has 0 saturated heterocycles. The number of benzene rings is 1. The minimum atomic E-state index is -4.75. The van der Waals surface area contributed by atoms with Crippen molar-refractivity contribution in [3.05, 3.63) is 47.3 Å². The molecule has 204 valence electrons. The van der Waals surface area contributed by atoms with E-state index in [2.05, 4.69) is 49.2 Å². The molecule has 3 heterocycles. The van der Waals surface area contributed by atoms with Crippen molar-refractivity contribution in [2.45, 2.75) is 83.5 Å². The summed E-state index contributed by atoms with van der Waals surface area (Å²) in [7, 11) is -6.75. The molecule has 0 aliphatic heterocycles. The van der Waals surface area contributed by atoms with E-state index in [4.69, 9.17) is 14.0 Å². The molecule has 0 saturated carbocycles. The number of aryl methyl sites for hydroxylation is 1. The van der Waals surface area contributed by atoms with Crippen LogP contribution in [-0.2, 0) is 26.6 Å². The molecular weight excluding hydrogens is 522 g/mol. The van der Waals surface area contributed by atoms with Gasteiger partial charge in [-0.15, -0.1) is 5.10 Å². The van der Waals surface area contributed by atoms with E-state index in [1.54, 1.807) is 28.9 Å². The topological polar surface area (TPSA) is 136 Å². The van der Waals surface area contributed by atoms with Crippen molar-refractivity contribution >= 4 is 24.0 Å². The van der Waals surface area contributed by atoms with Gasteiger partial charge in [0.25, 0.3) is 0 Å². The minimum Gasteiger partial charge on any atom is -0.744 e. The number of hydrogen-bond acceptors (Lipinski definition) is 9. The lowest BCUT2D eigenvalue weighted by atomic mass is 9.84. The summed E-state index contributed by atoms with van der Waals surface area (Å²) in [6.45, 7) is 18.9. The van der Waals surface area contributed by atoms with Gasteiger partial charge in [-0.05, 0) is 42.6 Å². The highest BCUT2D eigenvalue weighted by molar-refractivity contribution is 7.85. The van der Waals surface area contributed by atoms with Crippen molar-refractivity contribution < 1.29 is 21.9 Å². The monoisotopic (exact) mass is 556 g/mol. The Hall–Kier alpha value is -2.93. The van der Waals surface area contributed by atoms with Gasteiger partial charge in [-0.3, -0.25) is 0 Å². The van der Waals surface area contributed by atoms with Gasteiger partial charge in [-0.1, -0.05) is 58.3 Å². The lowest BCUT2D eigenvalue weighted by molar-refractivity contribution is 0.230. The van der Waals surface area contributed by atoms with E-state index < -0.39 is 23.9 Å². The quantitative estimate of drug-likeness (QED) is 0.223. The fraction of sp³-hybridized carbons (Fsp3) is 0.462. The fourth-order valence-corrected chi connectivity index (χ4v) is 5.58. The van der Waals surface area contributed by atoms with Crippen LogP contribution >= 0.6 is 0 Å². The highest BCUT2D eigenvalue weighted by Crippen LogP contribution is 2.40. The Morgan fingerprint density at radius 1 is 1.11 bits per heavy atom. The highest BCUT2D eigenvalue weighted by Gasteiger charge is 2.37. The van der Waals surface area contributed by atoms with Gasteiger partial charge < -0.3 is 13.5 Å². The molecule has 0 bridgehead atoms. The van der Waals surface area contributed by atoms with Crippen molar-refractivity contribution in [2.75, 3.05) is 0 Å². The third-order valence-corrected chi connectivity index (χ3v) is 12.4. The van der Waals surface area contributed by atoms with Crippen LogP contribution < -0.4 is 0 Å². The lowest BCUT2D eigenvalue weighted by Crippen LogP contribution is -2.40. The molecule has 0 N–H and O–H groups in total. The first-order valence-corrected chi connectivity index (χ1v) is 16.6. The Morgan fingerprint density at radius 3 is 2.39 bits per heavy atom. The van der Waals surface area contributed by atoms with Gasteiger partial charge in [0.1, 0.15) is 10.1 Å². The average molecular weight is 557 g/mol. The van der Waals surface area contributed by atoms with E-state index >= 15 is 0 Å². The summed E-state index contributed by atoms with van der Waals surface area (Å²) in [5.41, 5.74) is 2.69. The third kappa shape index (κ3) is 5.30. The van der Waals surface area contributed by atoms with Gasteiger partial charge in [0.2, 0.25) is 5.82 Å². The van der Waals surface area contributed by atoms with Gasteiger partial charge in [0, 0.05) is 17.2 Å². The van der Waals surface area contributed by atoms with Crippen LogP contribution in [0.15, 0.2) is 39.9 Å². The molecular formula is C26H34N5O5SSi-. The van der Waals surface area contributed by atoms with Gasteiger partial charge in [0.15, 0.2) is 19.8 Å². The molecule has 4 rings (SSSR count). The van der Waals surface area contributed by atoms with Gasteiger partial charge in [-0.25, -0.2) is 12.9 Å². The molecule has 0 radical (unpaired) electrons. The Morgan fingerprint density at radius 2 is 1.79 bits per heavy atom. The molecule has 10 nitrogen and oxygen atoms in total. The van der Waals surface area contributed by atoms with Crippen LogP contribution in [0.25, 0.3) is 28.3 Å². The first-order valence-electron chi connectivity index (χ1n) is 12.3. The van der Waals surface area contributed by atoms with Crippen LogP contribution in [0.5, 0.6) is 0 Å². The van der Waals surface area contributed by atoms with Gasteiger partial charge in [0.05, 0.1) is 28.9 Å². The SMILES string of the molecule is Cc1ccc(S(=O)(=O)[O-])c(-c2nn3c(-c4cc(CO[Si](C)(C)C(C)(C)C)on4)nncc3c2C(C)(C)C)c1. The Kier molecular flexibility index (Phi) is 6.92. The Bertz CT molecular complexity index is 1610. The molecule has 0 fully saturated rings. The first kappa shape index (κ1) is 28.1. The largest absolute Gasteiger partial charge is 0.744 e. The van der Waals surface area contributed by atoms with Gasteiger partial charge >= 0.3 is 0 Å². The number of rotatable bonds is 6. The second-order valence-electron chi connectivity index (χ2n) is 12.1. The van der Waals surface area contributed by atoms with Gasteiger partial charge in [-0.2, -0.15) is 10.2 Å². The zero-order valence-corrected chi connectivity index (χ0v) is 25.1. The van der Waals surface area contributed by atoms with Crippen molar-refractivity contribution in [2.24, 2.45) is 0 Å². The normalized spacial score (nSPS) is 13.4. The Labute approximate surface area is 224 Å². The van der Waals surface area contributed by atoms with Crippen LogP contribution in [0.3, 0.4) is 0 Å². The maximum Gasteiger partial charge on any atom is 0.205 e. The van der Waals surface area contributed by atoms with Crippen molar-refractivity contribution in [1.82, 2.24) is 25.0 Å². The predicted octanol–water partition coefficient (Wildman–Crippen LogP) is 5.48. The zero-order chi connectivity index (χ0) is 28.3. The second kappa shape index (κ2) is 9.37. The number of nitrogens with zero attached hydrogens (tertiary/aromatic N) is 5. The molecule has 0 unspecified atom stereocenters. The average Bonchev–Trinajstić information content (AvgIpc) is 3.40. The maximum absolute atomic E-state index is 12.2. The summed E-state index contributed by atoms with van der Waals surface area (Å²) in [6, 6.07) is 6.33. The van der Waals surface area contributed by atoms with E-state index in [0.29, 0.717) is 28.5 Å². The standard InChI is InChI=1S/C26H35N5O5SSi/c1-16-10-11-21(37(32,33)34)18(12-16)23-22(25(2,3)4)20-14-27-28-24(31(20)29-23)19-13-17(36-30-19)15-35-38(8,9)26(5,6)7/h10-14H,15H2,1-9H3,(H,32,33,34)/p-1. The summed E-state index contributed by atoms with van der Waals surface area (Å²) < 4.78 is 49.9. The fourth-order valence-electron chi connectivity index (χ4n) is 3.98. The van der Waals surface area contributed by atoms with Crippen LogP contribution in [0.4, 0.5) is 0 Å². The molecule has 4 aromatic rings. The minimum absolute atomic E-state index is 0.0496. The van der Waals surface area contributed by atoms with E-state index in [1.807, 2.05) is 27.7 Å². The van der Waals surface area contributed by atoms with Crippen molar-refractivity contribution in [3.63, 3.8) is 0 Å². The Balaban J connectivity index is 1.87. The smallest absolute Gasteiger partial charge is 0.205 e. The summed E-state index contributed by atoms with van der Waals surface area (Å²) in [6.07, 6.45) is 1.57. The highest BCUT2D eigenvalue weighted by atomic mass is 32.2. The van der Waals surface area contributed by atoms with E-state index in [-0.39, 0.29) is 22.1 Å². The van der Waals surface area contributed by atoms with Crippen LogP contribution in [-0.4, -0.2) is 46.3 Å². The molecule has 0 atom stereocenters. The molecule has 0 amide bonds. The summed E-state index contributed by atoms with van der Waals surface area (Å²) in [4.78, 5) is -0.328. The van der Waals surface area contributed by atoms with Crippen LogP contribution in [0, 0.1) is 6.92 Å². The zero-order valence-electron chi connectivity index (χ0n) is 23.3. The third-order valence-electron chi connectivity index (χ3n) is 7.03. The maximum atomic E-state index is 12.2. The summed E-state index contributed by atoms with van der Waals surface area (Å²) in [5, 5.41) is 17.5. The van der Waals surface area contributed by atoms with E-state index in [1.165, 1.54) is 6.07 Å². The molecule has 12 heteroatoms. The number of aromatic nitrogens is 5. The first-order chi connectivity index (χ1) is 17.4. The van der Waals surface area contributed by atoms with E-state index in [9.17, 15) is 13.0 Å². The van der Waals surface area contributed by atoms with Crippen molar-refractivity contribution in [3.8, 4) is 22.8 Å². The molecule has 1 aromatic carbocycles. The lowest BCUT2D eigenvalue weighted by Gasteiger charge is -2.35. The number of hydrogen-bond donors (Lipinski definition) is 0. The number of fused-ring (bicyclic) bond motifs is 1. The summed E-state index contributed by atoms with van der Waals surface area (Å²) >= 11 is 0. The molecule has 0 aliphatic rings. The molecule has 38 heavy (non-hydrogen) atoms. The van der Waals surface area contributed by atoms with Crippen molar-refractivity contribution in [1.29, 1.82) is 0 Å². The molecule has 0 spiro atoms. The molecule has 3 aromatic heterocycles. The van der Waals surface area contributed by atoms with Crippen LogP contribution in [0.1, 0.15) is 58.4 Å². The predicted molar refractivity (Wildman–Crippen MR) is 145 cm³/mol. The van der Waals surface area contributed by atoms with Crippen LogP contribution in [0.2, 0.25) is 18.1 Å². The summed E-state index contributed by atoms with van der Waals surface area (Å²) in [5.74, 6) is 0.867. The molecule has 0 aliphatic carbocycles. The van der Waals surface area contributed by atoms with E-state index in [0.717, 1.165) is 11.1 Å².